The van der Waals surface area contributed by atoms with Gasteiger partial charge in [-0.25, -0.2) is 9.59 Å². The Hall–Kier alpha value is -5.27. The number of aliphatic carboxylic acids is 1. The van der Waals surface area contributed by atoms with Gasteiger partial charge in [0.15, 0.2) is 17.6 Å². The second kappa shape index (κ2) is 15.1. The molecule has 0 aliphatic carbocycles. The van der Waals surface area contributed by atoms with Gasteiger partial charge in [-0.05, 0) is 28.3 Å². The average Bonchev–Trinajstić information content (AvgIpc) is 3.14. The fourth-order valence-electron chi connectivity index (χ4n) is 6.38. The van der Waals surface area contributed by atoms with E-state index < -0.39 is 60.5 Å². The van der Waals surface area contributed by atoms with Crippen molar-refractivity contribution >= 4 is 17.8 Å². The highest BCUT2D eigenvalue weighted by Gasteiger charge is 2.50. The van der Waals surface area contributed by atoms with E-state index in [1.54, 1.807) is 12.1 Å². The molecule has 1 saturated heterocycles. The second-order valence-electron chi connectivity index (χ2n) is 12.1. The number of carbonyl (C=O) groups excluding carboxylic acids is 2. The third kappa shape index (κ3) is 7.05. The normalized spacial score (nSPS) is 23.1. The molecule has 0 saturated carbocycles. The Kier molecular flexibility index (Phi) is 10.4. The lowest BCUT2D eigenvalue weighted by Gasteiger charge is -2.41. The number of benzene rings is 4. The van der Waals surface area contributed by atoms with E-state index in [1.165, 1.54) is 12.0 Å². The molecule has 1 unspecified atom stereocenters. The van der Waals surface area contributed by atoms with Gasteiger partial charge < -0.3 is 44.3 Å². The monoisotopic (exact) mass is 683 g/mol. The molecule has 12 heteroatoms. The molecule has 4 N–H and O–H groups in total. The molecule has 0 spiro atoms. The molecule has 1 fully saturated rings. The number of nitrogens with zero attached hydrogens (tertiary/aromatic N) is 1. The van der Waals surface area contributed by atoms with Crippen LogP contribution in [0.1, 0.15) is 33.7 Å². The maximum absolute atomic E-state index is 14.8. The molecule has 0 radical (unpaired) electrons. The van der Waals surface area contributed by atoms with Crippen LogP contribution >= 0.6 is 0 Å². The highest BCUT2D eigenvalue weighted by atomic mass is 16.7. The molecule has 1 amide bonds. The lowest BCUT2D eigenvalue weighted by molar-refractivity contribution is -0.287. The number of hydrogen-bond acceptors (Lipinski definition) is 10. The van der Waals surface area contributed by atoms with Crippen LogP contribution in [-0.4, -0.2) is 87.0 Å². The first-order valence-corrected chi connectivity index (χ1v) is 16.1. The molecule has 4 aromatic rings. The number of aliphatic hydroxyl groups excluding tert-OH is 3. The van der Waals surface area contributed by atoms with Crippen molar-refractivity contribution in [3.05, 3.63) is 131 Å². The zero-order valence-electron chi connectivity index (χ0n) is 27.1. The second-order valence-corrected chi connectivity index (χ2v) is 12.1. The van der Waals surface area contributed by atoms with Gasteiger partial charge in [0.05, 0.1) is 13.0 Å². The number of carbonyl (C=O) groups is 3. The number of carboxylic acid groups (broad SMARTS) is 1. The minimum Gasteiger partial charge on any atom is -0.493 e. The van der Waals surface area contributed by atoms with Crippen molar-refractivity contribution in [3.63, 3.8) is 0 Å². The molecule has 4 aromatic carbocycles. The van der Waals surface area contributed by atoms with Crippen LogP contribution in [0.25, 0.3) is 0 Å². The molecular weight excluding hydrogens is 646 g/mol. The SMILES string of the molecule is COc1ccc2c(c1OCc1ccccc1)CC(C(=O)O[C@H]1O[C@H](C(=O)O)[C@@H](O)[C@H](O)[C@H]1O)N(C(=O)C(c1ccccc1)c1ccccc1)C2. The summed E-state index contributed by atoms with van der Waals surface area (Å²) in [5, 5.41) is 40.7. The summed E-state index contributed by atoms with van der Waals surface area (Å²) in [6, 6.07) is 29.9. The van der Waals surface area contributed by atoms with Crippen molar-refractivity contribution < 1.29 is 53.8 Å². The minimum absolute atomic E-state index is 0.0387. The Bertz CT molecular complexity index is 1760. The fourth-order valence-corrected chi connectivity index (χ4v) is 6.38. The summed E-state index contributed by atoms with van der Waals surface area (Å²) < 4.78 is 22.7. The minimum atomic E-state index is -1.99. The summed E-state index contributed by atoms with van der Waals surface area (Å²) >= 11 is 0. The number of esters is 1. The standard InChI is InChI=1S/C38H37NO11/c1-47-28-18-17-25-20-39(35(43)29(23-13-7-3-8-14-23)24-15-9-4-10-16-24)27(19-26(25)33(28)48-21-22-11-5-2-6-12-22)37(46)50-38-32(42)30(40)31(41)34(49-38)36(44)45/h2-18,27,29-32,34,38,40-42H,19-21H2,1H3,(H,44,45)/t27?,30-,31-,32+,34-,38+/m0/s1. The number of fused-ring (bicyclic) bond motifs is 1. The topological polar surface area (TPSA) is 172 Å². The number of rotatable bonds is 10. The molecule has 50 heavy (non-hydrogen) atoms. The summed E-state index contributed by atoms with van der Waals surface area (Å²) in [6.45, 7) is 0.150. The number of amides is 1. The van der Waals surface area contributed by atoms with E-state index in [0.29, 0.717) is 33.8 Å². The molecule has 6 atom stereocenters. The third-order valence-electron chi connectivity index (χ3n) is 8.99. The summed E-state index contributed by atoms with van der Waals surface area (Å²) in [5.41, 5.74) is 3.56. The number of carboxylic acids is 1. The molecule has 0 aromatic heterocycles. The predicted octanol–water partition coefficient (Wildman–Crippen LogP) is 2.80. The van der Waals surface area contributed by atoms with Gasteiger partial charge in [-0.15, -0.1) is 0 Å². The number of hydrogen-bond donors (Lipinski definition) is 4. The fraction of sp³-hybridized carbons (Fsp3) is 0.289. The Morgan fingerprint density at radius 3 is 2.00 bits per heavy atom. The lowest BCUT2D eigenvalue weighted by atomic mass is 9.86. The van der Waals surface area contributed by atoms with Crippen molar-refractivity contribution in [3.8, 4) is 11.5 Å². The van der Waals surface area contributed by atoms with E-state index in [2.05, 4.69) is 0 Å². The van der Waals surface area contributed by atoms with Crippen molar-refractivity contribution in [2.45, 2.75) is 62.2 Å². The first-order valence-electron chi connectivity index (χ1n) is 16.1. The maximum Gasteiger partial charge on any atom is 0.335 e. The molecule has 260 valence electrons. The molecule has 12 nitrogen and oxygen atoms in total. The van der Waals surface area contributed by atoms with Crippen molar-refractivity contribution in [1.29, 1.82) is 0 Å². The number of aliphatic hydroxyl groups is 3. The van der Waals surface area contributed by atoms with Gasteiger partial charge >= 0.3 is 11.9 Å². The van der Waals surface area contributed by atoms with Crippen LogP contribution in [0, 0.1) is 0 Å². The van der Waals surface area contributed by atoms with Crippen LogP contribution in [0.15, 0.2) is 103 Å². The van der Waals surface area contributed by atoms with E-state index in [0.717, 1.165) is 5.56 Å². The van der Waals surface area contributed by atoms with Gasteiger partial charge in [0, 0.05) is 18.5 Å². The van der Waals surface area contributed by atoms with E-state index >= 15 is 0 Å². The molecule has 6 rings (SSSR count). The summed E-state index contributed by atoms with van der Waals surface area (Å²) in [6.07, 6.45) is -10.00. The van der Waals surface area contributed by atoms with Gasteiger partial charge in [0.25, 0.3) is 0 Å². The van der Waals surface area contributed by atoms with Crippen LogP contribution < -0.4 is 9.47 Å². The van der Waals surface area contributed by atoms with Crippen LogP contribution in [0.4, 0.5) is 0 Å². The smallest absolute Gasteiger partial charge is 0.335 e. The van der Waals surface area contributed by atoms with Crippen molar-refractivity contribution in [2.24, 2.45) is 0 Å². The highest BCUT2D eigenvalue weighted by Crippen LogP contribution is 2.41. The van der Waals surface area contributed by atoms with Crippen LogP contribution in [-0.2, 0) is 43.4 Å². The Morgan fingerprint density at radius 1 is 0.820 bits per heavy atom. The van der Waals surface area contributed by atoms with E-state index in [-0.39, 0.29) is 19.6 Å². The van der Waals surface area contributed by atoms with Gasteiger partial charge in [-0.1, -0.05) is 97.1 Å². The molecular formula is C38H37NO11. The van der Waals surface area contributed by atoms with Crippen LogP contribution in [0.5, 0.6) is 11.5 Å². The van der Waals surface area contributed by atoms with E-state index in [4.69, 9.17) is 18.9 Å². The van der Waals surface area contributed by atoms with Crippen LogP contribution in [0.2, 0.25) is 0 Å². The molecule has 0 bridgehead atoms. The van der Waals surface area contributed by atoms with Crippen molar-refractivity contribution in [2.75, 3.05) is 7.11 Å². The highest BCUT2D eigenvalue weighted by molar-refractivity contribution is 5.92. The van der Waals surface area contributed by atoms with Crippen molar-refractivity contribution in [1.82, 2.24) is 4.90 Å². The van der Waals surface area contributed by atoms with Gasteiger partial charge in [-0.3, -0.25) is 4.79 Å². The van der Waals surface area contributed by atoms with E-state index in [1.807, 2.05) is 91.0 Å². The van der Waals surface area contributed by atoms with Gasteiger partial charge in [-0.2, -0.15) is 0 Å². The van der Waals surface area contributed by atoms with E-state index in [9.17, 15) is 34.8 Å². The largest absolute Gasteiger partial charge is 0.493 e. The number of ether oxygens (including phenoxy) is 4. The third-order valence-corrected chi connectivity index (χ3v) is 8.99. The summed E-state index contributed by atoms with van der Waals surface area (Å²) in [7, 11) is 1.49. The maximum atomic E-state index is 14.8. The molecule has 2 aliphatic rings. The van der Waals surface area contributed by atoms with Gasteiger partial charge in [0.1, 0.15) is 31.0 Å². The summed E-state index contributed by atoms with van der Waals surface area (Å²) in [4.78, 5) is 42.1. The first kappa shape index (κ1) is 34.6. The Morgan fingerprint density at radius 2 is 1.42 bits per heavy atom. The summed E-state index contributed by atoms with van der Waals surface area (Å²) in [5.74, 6) is -3.11. The quantitative estimate of drug-likeness (QED) is 0.181. The lowest BCUT2D eigenvalue weighted by Crippen LogP contribution is -2.61. The number of methoxy groups -OCH3 is 1. The average molecular weight is 684 g/mol. The zero-order chi connectivity index (χ0) is 35.4. The van der Waals surface area contributed by atoms with Crippen LogP contribution in [0.3, 0.4) is 0 Å². The first-order chi connectivity index (χ1) is 24.2. The molecule has 2 aliphatic heterocycles. The Balaban J connectivity index is 1.40. The predicted molar refractivity (Wildman–Crippen MR) is 177 cm³/mol. The Labute approximate surface area is 288 Å². The zero-order valence-corrected chi connectivity index (χ0v) is 27.1. The van der Waals surface area contributed by atoms with Gasteiger partial charge in [0.2, 0.25) is 12.2 Å². The molecule has 2 heterocycles.